The minimum atomic E-state index is -1.01. The number of H-pyrrole nitrogens is 1. The number of amides is 3. The minimum absolute atomic E-state index is 0.227. The van der Waals surface area contributed by atoms with E-state index < -0.39 is 23.8 Å². The molecule has 0 radical (unpaired) electrons. The van der Waals surface area contributed by atoms with Crippen LogP contribution in [0.2, 0.25) is 0 Å². The van der Waals surface area contributed by atoms with Crippen molar-refractivity contribution in [3.05, 3.63) is 5.82 Å². The fourth-order valence-corrected chi connectivity index (χ4v) is 2.61. The molecule has 27 heavy (non-hydrogen) atoms. The van der Waals surface area contributed by atoms with Crippen molar-refractivity contribution in [2.75, 3.05) is 26.2 Å². The number of tetrazole rings is 1. The van der Waals surface area contributed by atoms with Gasteiger partial charge in [-0.05, 0) is 27.2 Å². The molecule has 3 amide bonds. The summed E-state index contributed by atoms with van der Waals surface area (Å²) < 4.78 is 5.23. The lowest BCUT2D eigenvalue weighted by Crippen LogP contribution is -2.56. The zero-order valence-electron chi connectivity index (χ0n) is 15.6. The van der Waals surface area contributed by atoms with Crippen LogP contribution in [0.5, 0.6) is 0 Å². The van der Waals surface area contributed by atoms with Gasteiger partial charge < -0.3 is 25.0 Å². The topological polar surface area (TPSA) is 154 Å². The Kier molecular flexibility index (Phi) is 6.53. The number of aryl methyl sites for hydroxylation is 1. The first-order valence-electron chi connectivity index (χ1n) is 8.64. The summed E-state index contributed by atoms with van der Waals surface area (Å²) in [4.78, 5) is 38.8. The third kappa shape index (κ3) is 6.38. The fourth-order valence-electron chi connectivity index (χ4n) is 2.61. The lowest BCUT2D eigenvalue weighted by atomic mass is 10.1. The molecule has 12 heteroatoms. The van der Waals surface area contributed by atoms with Crippen LogP contribution in [-0.4, -0.2) is 91.4 Å². The van der Waals surface area contributed by atoms with Gasteiger partial charge in [0.25, 0.3) is 0 Å². The van der Waals surface area contributed by atoms with Gasteiger partial charge in [0.15, 0.2) is 5.82 Å². The number of nitrogens with one attached hydrogen (secondary N) is 2. The Morgan fingerprint density at radius 3 is 2.37 bits per heavy atom. The summed E-state index contributed by atoms with van der Waals surface area (Å²) in [6.45, 7) is 6.17. The number of aromatic amines is 1. The second-order valence-electron chi connectivity index (χ2n) is 7.16. The molecule has 1 atom stereocenters. The number of aromatic nitrogens is 4. The first-order chi connectivity index (χ1) is 12.7. The van der Waals surface area contributed by atoms with E-state index in [2.05, 4.69) is 25.9 Å². The van der Waals surface area contributed by atoms with Crippen molar-refractivity contribution < 1.29 is 24.2 Å². The van der Waals surface area contributed by atoms with Crippen molar-refractivity contribution in [1.29, 1.82) is 0 Å². The van der Waals surface area contributed by atoms with Gasteiger partial charge in [0.1, 0.15) is 11.6 Å². The molecule has 1 aliphatic rings. The summed E-state index contributed by atoms with van der Waals surface area (Å²) in [5, 5.41) is 25.1. The Balaban J connectivity index is 2.00. The third-order valence-corrected chi connectivity index (χ3v) is 3.90. The Morgan fingerprint density at radius 1 is 1.22 bits per heavy atom. The van der Waals surface area contributed by atoms with E-state index in [1.807, 2.05) is 0 Å². The molecule has 0 spiro atoms. The highest BCUT2D eigenvalue weighted by atomic mass is 16.6. The molecule has 1 aliphatic heterocycles. The van der Waals surface area contributed by atoms with Crippen LogP contribution in [0.25, 0.3) is 0 Å². The standard InChI is InChI=1S/C15H25N7O5/c1-15(2,3)27-13(24)16-10(4-5-11-17-19-20-18-11)12(23)21-6-8-22(9-7-21)14(25)26/h10H,4-9H2,1-3H3,(H,16,24)(H,25,26)(H,17,18,19,20)/t10-/m0/s1. The smallest absolute Gasteiger partial charge is 0.408 e. The van der Waals surface area contributed by atoms with Crippen LogP contribution < -0.4 is 5.32 Å². The van der Waals surface area contributed by atoms with Gasteiger partial charge in [-0.1, -0.05) is 5.21 Å². The van der Waals surface area contributed by atoms with E-state index in [1.165, 1.54) is 9.80 Å². The molecular formula is C15H25N7O5. The van der Waals surface area contributed by atoms with Crippen molar-refractivity contribution in [3.8, 4) is 0 Å². The zero-order valence-corrected chi connectivity index (χ0v) is 15.6. The Labute approximate surface area is 156 Å². The molecule has 2 rings (SSSR count). The van der Waals surface area contributed by atoms with Gasteiger partial charge >= 0.3 is 12.2 Å². The van der Waals surface area contributed by atoms with Gasteiger partial charge in [-0.25, -0.2) is 9.59 Å². The number of ether oxygens (including phenoxy) is 1. The molecule has 1 aromatic heterocycles. The van der Waals surface area contributed by atoms with E-state index in [0.717, 1.165) is 0 Å². The van der Waals surface area contributed by atoms with Gasteiger partial charge in [-0.3, -0.25) is 4.79 Å². The highest BCUT2D eigenvalue weighted by Gasteiger charge is 2.31. The second-order valence-corrected chi connectivity index (χ2v) is 7.16. The molecular weight excluding hydrogens is 358 g/mol. The van der Waals surface area contributed by atoms with Crippen molar-refractivity contribution in [3.63, 3.8) is 0 Å². The largest absolute Gasteiger partial charge is 0.465 e. The monoisotopic (exact) mass is 383 g/mol. The van der Waals surface area contributed by atoms with Gasteiger partial charge in [0.05, 0.1) is 0 Å². The molecule has 0 aliphatic carbocycles. The summed E-state index contributed by atoms with van der Waals surface area (Å²) in [5.41, 5.74) is -0.696. The van der Waals surface area contributed by atoms with Crippen molar-refractivity contribution in [2.45, 2.75) is 45.3 Å². The molecule has 1 saturated heterocycles. The Hall–Kier alpha value is -2.92. The van der Waals surface area contributed by atoms with E-state index in [4.69, 9.17) is 9.84 Å². The molecule has 2 heterocycles. The summed E-state index contributed by atoms with van der Waals surface area (Å²) in [6.07, 6.45) is -1.12. The predicted octanol–water partition coefficient (Wildman–Crippen LogP) is -0.152. The lowest BCUT2D eigenvalue weighted by molar-refractivity contribution is -0.135. The third-order valence-electron chi connectivity index (χ3n) is 3.90. The van der Waals surface area contributed by atoms with Crippen molar-refractivity contribution >= 4 is 18.1 Å². The maximum Gasteiger partial charge on any atom is 0.408 e. The van der Waals surface area contributed by atoms with E-state index >= 15 is 0 Å². The summed E-state index contributed by atoms with van der Waals surface area (Å²) >= 11 is 0. The van der Waals surface area contributed by atoms with Crippen LogP contribution >= 0.6 is 0 Å². The number of carboxylic acid groups (broad SMARTS) is 1. The Bertz CT molecular complexity index is 650. The quantitative estimate of drug-likeness (QED) is 0.634. The second kappa shape index (κ2) is 8.64. The zero-order chi connectivity index (χ0) is 20.0. The summed E-state index contributed by atoms with van der Waals surface area (Å²) in [6, 6.07) is -0.838. The van der Waals surface area contributed by atoms with E-state index in [9.17, 15) is 14.4 Å². The van der Waals surface area contributed by atoms with Gasteiger partial charge in [0, 0.05) is 32.6 Å². The molecule has 1 aromatic rings. The summed E-state index contributed by atoms with van der Waals surface area (Å²) in [7, 11) is 0. The highest BCUT2D eigenvalue weighted by Crippen LogP contribution is 2.11. The van der Waals surface area contributed by atoms with Crippen LogP contribution in [0, 0.1) is 0 Å². The van der Waals surface area contributed by atoms with Crippen LogP contribution in [-0.2, 0) is 16.0 Å². The molecule has 0 aromatic carbocycles. The number of carbonyl (C=O) groups excluding carboxylic acids is 2. The van der Waals surface area contributed by atoms with Gasteiger partial charge in [-0.15, -0.1) is 10.2 Å². The minimum Gasteiger partial charge on any atom is -0.465 e. The van der Waals surface area contributed by atoms with Gasteiger partial charge in [-0.2, -0.15) is 5.21 Å². The molecule has 12 nitrogen and oxygen atoms in total. The number of carbonyl (C=O) groups is 3. The molecule has 3 N–H and O–H groups in total. The SMILES string of the molecule is CC(C)(C)OC(=O)N[C@@H](CCc1nn[nH]n1)C(=O)N1CCN(C(=O)O)CC1. The maximum absolute atomic E-state index is 12.9. The number of hydrogen-bond donors (Lipinski definition) is 3. The van der Waals surface area contributed by atoms with E-state index in [0.29, 0.717) is 12.2 Å². The van der Waals surface area contributed by atoms with Crippen LogP contribution in [0.4, 0.5) is 9.59 Å². The fraction of sp³-hybridized carbons (Fsp3) is 0.733. The normalized spacial score (nSPS) is 16.0. The molecule has 150 valence electrons. The van der Waals surface area contributed by atoms with Gasteiger partial charge in [0.2, 0.25) is 5.91 Å². The molecule has 0 saturated carbocycles. The lowest BCUT2D eigenvalue weighted by Gasteiger charge is -2.35. The van der Waals surface area contributed by atoms with E-state index in [1.54, 1.807) is 20.8 Å². The van der Waals surface area contributed by atoms with E-state index in [-0.39, 0.29) is 38.5 Å². The highest BCUT2D eigenvalue weighted by molar-refractivity contribution is 5.86. The van der Waals surface area contributed by atoms with Crippen LogP contribution in [0.15, 0.2) is 0 Å². The predicted molar refractivity (Wildman–Crippen MR) is 91.8 cm³/mol. The van der Waals surface area contributed by atoms with Crippen LogP contribution in [0.1, 0.15) is 33.0 Å². The maximum atomic E-state index is 12.9. The molecule has 0 unspecified atom stereocenters. The number of nitrogens with zero attached hydrogens (tertiary/aromatic N) is 5. The molecule has 0 bridgehead atoms. The first-order valence-corrected chi connectivity index (χ1v) is 8.64. The number of hydrogen-bond acceptors (Lipinski definition) is 7. The van der Waals surface area contributed by atoms with Crippen molar-refractivity contribution in [1.82, 2.24) is 35.7 Å². The average Bonchev–Trinajstić information content (AvgIpc) is 3.10. The summed E-state index contributed by atoms with van der Waals surface area (Å²) in [5.74, 6) is 0.129. The average molecular weight is 383 g/mol. The number of alkyl carbamates (subject to hydrolysis) is 1. The molecule has 1 fully saturated rings. The van der Waals surface area contributed by atoms with Crippen molar-refractivity contribution in [2.24, 2.45) is 0 Å². The first kappa shape index (κ1) is 20.4. The number of rotatable bonds is 5. The Morgan fingerprint density at radius 2 is 1.85 bits per heavy atom. The van der Waals surface area contributed by atoms with Crippen LogP contribution in [0.3, 0.4) is 0 Å². The number of piperazine rings is 1.